The fourth-order valence-electron chi connectivity index (χ4n) is 11.9. The van der Waals surface area contributed by atoms with Crippen LogP contribution in [0.3, 0.4) is 0 Å². The molecule has 570 valence electrons. The Bertz CT molecular complexity index is 4900. The van der Waals surface area contributed by atoms with Crippen molar-refractivity contribution >= 4 is 75.0 Å². The van der Waals surface area contributed by atoms with Crippen LogP contribution in [0.25, 0.3) is 22.3 Å². The number of nitrogens with zero attached hydrogens (tertiary/aromatic N) is 14. The van der Waals surface area contributed by atoms with Gasteiger partial charge in [-0.3, -0.25) is 91.3 Å². The molecule has 44 heteroatoms. The molecule has 10 heterocycles. The van der Waals surface area contributed by atoms with Crippen LogP contribution >= 0.6 is 23.0 Å². The average molecular weight is 1530 g/mol. The van der Waals surface area contributed by atoms with Crippen molar-refractivity contribution in [2.75, 3.05) is 132 Å². The van der Waals surface area contributed by atoms with Crippen LogP contribution in [0.5, 0.6) is 0 Å². The molecule has 0 aliphatic carbocycles. The summed E-state index contributed by atoms with van der Waals surface area (Å²) in [5.74, 6) is -2.80. The number of aryl methyl sites for hydroxylation is 2. The summed E-state index contributed by atoms with van der Waals surface area (Å²) in [6, 6.07) is 8.16. The molecule has 0 unspecified atom stereocenters. The van der Waals surface area contributed by atoms with E-state index in [1.807, 2.05) is 0 Å². The maximum absolute atomic E-state index is 16.3. The van der Waals surface area contributed by atoms with Gasteiger partial charge in [-0.15, -0.1) is 0 Å². The second-order valence-electron chi connectivity index (χ2n) is 26.7. The number of esters is 1. The van der Waals surface area contributed by atoms with E-state index in [0.29, 0.717) is 0 Å². The standard InChI is InChI=1S/C61H86N21O20P3/c1-34(2)51(83)67-58-65-49-47(55(87)69-58)63-32-81(49)43-19-62-18-39(99-43)29-96-103(92,73(7)8)77-23-41(101-45(26-77)80-21-37(6)54(86)72-61(80)91)30-97-105(94,75(11)12)78-24-42(102-46(27-78)82-33-64-48-50(82)66-59(70-56(48)88)68-52(84)35(3)4)31-98-104(93,74(9)10)76-22-40(28-95-57(89)38-16-14-13-15-17-38)100-44(25-76)79-20-36(5)53(85)71-60(79)90/h13-17,20-21,32-35,39-46,62H,18-19,22-31H2,1-12H3,(H,71,85,90)(H,72,86,91)(H2,65,67,69,83,87)(H2,66,68,70,84,88)/t39-,40-,41-,42-,43+,44+,45+,46+,103-,104-,105-/m0/s1. The molecule has 11 rings (SSSR count). The number of benzene rings is 1. The lowest BCUT2D eigenvalue weighted by atomic mass is 10.2. The number of morpholine rings is 4. The number of hydrogen-bond acceptors (Lipinski definition) is 25. The van der Waals surface area contributed by atoms with E-state index in [4.69, 9.17) is 37.3 Å². The van der Waals surface area contributed by atoms with Crippen molar-refractivity contribution < 1.29 is 65.3 Å². The Hall–Kier alpha value is -8.18. The van der Waals surface area contributed by atoms with Crippen LogP contribution in [0.1, 0.15) is 74.1 Å². The van der Waals surface area contributed by atoms with Gasteiger partial charge in [0.2, 0.25) is 23.7 Å². The van der Waals surface area contributed by atoms with Crippen LogP contribution in [-0.4, -0.2) is 249 Å². The zero-order valence-electron chi connectivity index (χ0n) is 59.7. The monoisotopic (exact) mass is 1530 g/mol. The average Bonchev–Trinajstić information content (AvgIpc) is 1.76. The molecule has 7 N–H and O–H groups in total. The summed E-state index contributed by atoms with van der Waals surface area (Å²) >= 11 is 0. The maximum atomic E-state index is 16.3. The Morgan fingerprint density at radius 1 is 0.514 bits per heavy atom. The normalized spacial score (nSPS) is 23.4. The number of carbonyl (C=O) groups is 3. The van der Waals surface area contributed by atoms with Crippen LogP contribution < -0.4 is 49.6 Å². The minimum Gasteiger partial charge on any atom is -0.459 e. The number of amides is 2. The number of aromatic amines is 4. The topological polar surface area (TPSA) is 469 Å². The molecule has 11 atom stereocenters. The van der Waals surface area contributed by atoms with Gasteiger partial charge in [0, 0.05) is 68.1 Å². The first-order chi connectivity index (χ1) is 49.7. The fraction of sp³-hybridized carbons (Fsp3) is 0.557. The minimum absolute atomic E-state index is 0.0171. The smallest absolute Gasteiger partial charge is 0.345 e. The van der Waals surface area contributed by atoms with Gasteiger partial charge in [-0.1, -0.05) is 45.9 Å². The molecule has 4 aliphatic rings. The van der Waals surface area contributed by atoms with Gasteiger partial charge in [0.05, 0.1) is 76.0 Å². The van der Waals surface area contributed by atoms with Crippen molar-refractivity contribution in [2.24, 2.45) is 11.8 Å². The van der Waals surface area contributed by atoms with Gasteiger partial charge in [-0.2, -0.15) is 9.97 Å². The highest BCUT2D eigenvalue weighted by Crippen LogP contribution is 2.58. The molecule has 4 fully saturated rings. The van der Waals surface area contributed by atoms with Gasteiger partial charge in [0.25, 0.3) is 22.2 Å². The Labute approximate surface area is 598 Å². The Kier molecular flexibility index (Phi) is 23.8. The molecule has 0 saturated carbocycles. The van der Waals surface area contributed by atoms with Crippen molar-refractivity contribution in [1.29, 1.82) is 0 Å². The second kappa shape index (κ2) is 32.1. The molecule has 1 aromatic carbocycles. The third kappa shape index (κ3) is 17.0. The first-order valence-corrected chi connectivity index (χ1v) is 38.1. The van der Waals surface area contributed by atoms with Crippen molar-refractivity contribution in [2.45, 2.75) is 90.9 Å². The van der Waals surface area contributed by atoms with Gasteiger partial charge < -0.3 is 42.6 Å². The SMILES string of the molecule is Cc1cn([C@H]2CN([P@@](=O)(OC[C@@H]3CN([P@@](=O)(OC[C@@H]4CN([P@@](=O)(OC[C@@H]5CNC[C@H](n6cnc7c(=O)[nH]c(NC(=O)C(C)C)nc76)O5)N(C)C)C[C@H](n5cc(C)c(=O)[nH]c5=O)O4)N(C)C)C[C@H](n4cnc5c(=O)[nH]c(NC(=O)C(C)C)nc54)O3)N(C)C)C[C@@H](COC(=O)c3ccccc3)O2)c(=O)[nH]c1=O. The Morgan fingerprint density at radius 3 is 1.30 bits per heavy atom. The predicted molar refractivity (Wildman–Crippen MR) is 377 cm³/mol. The van der Waals surface area contributed by atoms with Gasteiger partial charge in [-0.25, -0.2) is 52.4 Å². The number of ether oxygens (including phenoxy) is 5. The van der Waals surface area contributed by atoms with E-state index < -0.39 is 143 Å². The first kappa shape index (κ1) is 77.9. The van der Waals surface area contributed by atoms with Gasteiger partial charge in [0.1, 0.15) is 25.2 Å². The molecular weight excluding hydrogens is 1440 g/mol. The summed E-state index contributed by atoms with van der Waals surface area (Å²) in [4.78, 5) is 146. The van der Waals surface area contributed by atoms with E-state index in [9.17, 15) is 43.2 Å². The second-order valence-corrected chi connectivity index (χ2v) is 34.5. The lowest BCUT2D eigenvalue weighted by molar-refractivity contribution is -0.131. The number of rotatable bonds is 26. The van der Waals surface area contributed by atoms with E-state index in [0.717, 1.165) is 9.13 Å². The lowest BCUT2D eigenvalue weighted by Crippen LogP contribution is -2.51. The zero-order chi connectivity index (χ0) is 75.7. The molecule has 6 aromatic heterocycles. The minimum atomic E-state index is -4.47. The number of carbonyl (C=O) groups excluding carboxylic acids is 3. The highest BCUT2D eigenvalue weighted by Gasteiger charge is 2.49. The maximum Gasteiger partial charge on any atom is 0.345 e. The van der Waals surface area contributed by atoms with Crippen LogP contribution in [0, 0.1) is 25.7 Å². The van der Waals surface area contributed by atoms with E-state index in [1.54, 1.807) is 58.0 Å². The number of fused-ring (bicyclic) bond motifs is 2. The van der Waals surface area contributed by atoms with Gasteiger partial charge in [-0.05, 0) is 68.3 Å². The number of hydrogen-bond donors (Lipinski definition) is 7. The van der Waals surface area contributed by atoms with Crippen molar-refractivity contribution in [3.05, 3.63) is 134 Å². The zero-order valence-corrected chi connectivity index (χ0v) is 62.4. The first-order valence-electron chi connectivity index (χ1n) is 33.5. The summed E-state index contributed by atoms with van der Waals surface area (Å²) in [6.07, 6.45) is -3.77. The highest BCUT2D eigenvalue weighted by atomic mass is 31.2. The summed E-state index contributed by atoms with van der Waals surface area (Å²) in [5.41, 5.74) is -3.98. The summed E-state index contributed by atoms with van der Waals surface area (Å²) in [7, 11) is -4.06. The van der Waals surface area contributed by atoms with Crippen molar-refractivity contribution in [3.8, 4) is 0 Å². The number of aromatic nitrogens is 12. The third-order valence-electron chi connectivity index (χ3n) is 17.6. The lowest BCUT2D eigenvalue weighted by Gasteiger charge is -2.45. The van der Waals surface area contributed by atoms with Crippen LogP contribution in [0.4, 0.5) is 11.9 Å². The summed E-state index contributed by atoms with van der Waals surface area (Å²) in [6.45, 7) is 6.60. The van der Waals surface area contributed by atoms with Gasteiger partial charge >= 0.3 is 40.4 Å². The summed E-state index contributed by atoms with van der Waals surface area (Å²) < 4.78 is 113. The number of anilines is 2. The largest absolute Gasteiger partial charge is 0.459 e. The third-order valence-corrected chi connectivity index (χ3v) is 25.3. The van der Waals surface area contributed by atoms with E-state index >= 15 is 13.7 Å². The molecule has 4 saturated heterocycles. The Morgan fingerprint density at radius 2 is 0.895 bits per heavy atom. The molecule has 0 spiro atoms. The van der Waals surface area contributed by atoms with E-state index in [-0.39, 0.29) is 122 Å². The van der Waals surface area contributed by atoms with E-state index in [2.05, 4.69) is 55.8 Å². The van der Waals surface area contributed by atoms with Gasteiger partial charge in [0.15, 0.2) is 34.8 Å². The van der Waals surface area contributed by atoms with Crippen LogP contribution in [0.2, 0.25) is 0 Å². The van der Waals surface area contributed by atoms with Crippen molar-refractivity contribution in [1.82, 2.24) is 91.5 Å². The molecular formula is C61H86N21O20P3. The molecule has 41 nitrogen and oxygen atoms in total. The predicted octanol–water partition coefficient (Wildman–Crippen LogP) is 1.16. The highest BCUT2D eigenvalue weighted by molar-refractivity contribution is 7.54. The molecule has 105 heavy (non-hydrogen) atoms. The quantitative estimate of drug-likeness (QED) is 0.0295. The molecule has 4 aliphatic heterocycles. The molecule has 2 amide bonds. The fourth-order valence-corrected chi connectivity index (χ4v) is 17.9. The number of H-pyrrole nitrogens is 4. The molecule has 0 bridgehead atoms. The molecule has 7 aromatic rings. The van der Waals surface area contributed by atoms with E-state index in [1.165, 1.54) is 118 Å². The van der Waals surface area contributed by atoms with Crippen LogP contribution in [-0.2, 0) is 60.5 Å². The summed E-state index contributed by atoms with van der Waals surface area (Å²) in [5, 5.41) is 8.47. The number of nitrogens with one attached hydrogen (secondary N) is 7. The number of imidazole rings is 2. The van der Waals surface area contributed by atoms with Crippen LogP contribution in [0.15, 0.2) is 84.1 Å². The molecule has 0 radical (unpaired) electrons. The van der Waals surface area contributed by atoms with Crippen molar-refractivity contribution in [3.63, 3.8) is 0 Å². The Balaban J connectivity index is 0.885.